The minimum atomic E-state index is -4.45. The van der Waals surface area contributed by atoms with Gasteiger partial charge in [-0.3, -0.25) is 0 Å². The molecule has 1 unspecified atom stereocenters. The van der Waals surface area contributed by atoms with Crippen LogP contribution < -0.4 is 11.1 Å². The summed E-state index contributed by atoms with van der Waals surface area (Å²) in [5.41, 5.74) is 4.73. The van der Waals surface area contributed by atoms with Crippen molar-refractivity contribution >= 4 is 21.7 Å². The van der Waals surface area contributed by atoms with Crippen LogP contribution in [0.1, 0.15) is 19.4 Å². The molecule has 0 bridgehead atoms. The van der Waals surface area contributed by atoms with Crippen LogP contribution in [-0.4, -0.2) is 17.6 Å². The Balaban J connectivity index is 3.09. The molecule has 0 radical (unpaired) electrons. The summed E-state index contributed by atoms with van der Waals surface area (Å²) in [5, 5.41) is 2.75. The summed E-state index contributed by atoms with van der Waals surface area (Å²) in [6.07, 6.45) is -3.12. The van der Waals surface area contributed by atoms with Gasteiger partial charge in [-0.25, -0.2) is 4.98 Å². The van der Waals surface area contributed by atoms with Gasteiger partial charge in [-0.05, 0) is 27.9 Å². The van der Waals surface area contributed by atoms with E-state index in [1.165, 1.54) is 6.20 Å². The van der Waals surface area contributed by atoms with E-state index in [0.29, 0.717) is 0 Å². The van der Waals surface area contributed by atoms with Crippen LogP contribution in [-0.2, 0) is 6.18 Å². The molecule has 0 aromatic carbocycles. The highest BCUT2D eigenvalue weighted by molar-refractivity contribution is 9.10. The Hall–Kier alpha value is -0.820. The van der Waals surface area contributed by atoms with E-state index in [1.54, 1.807) is 0 Å². The van der Waals surface area contributed by atoms with Crippen molar-refractivity contribution in [1.29, 1.82) is 0 Å². The molecule has 1 aromatic rings. The topological polar surface area (TPSA) is 50.9 Å². The number of alkyl halides is 3. The van der Waals surface area contributed by atoms with Crippen molar-refractivity contribution in [2.24, 2.45) is 11.7 Å². The fraction of sp³-hybridized carbons (Fsp3) is 0.545. The summed E-state index contributed by atoms with van der Waals surface area (Å²) < 4.78 is 38.8. The second kappa shape index (κ2) is 5.88. The Morgan fingerprint density at radius 1 is 1.44 bits per heavy atom. The molecule has 0 aliphatic carbocycles. The van der Waals surface area contributed by atoms with Crippen LogP contribution in [0.15, 0.2) is 16.7 Å². The molecular weight excluding hydrogens is 311 g/mol. The Kier molecular flexibility index (Phi) is 4.98. The van der Waals surface area contributed by atoms with Gasteiger partial charge in [-0.2, -0.15) is 13.2 Å². The van der Waals surface area contributed by atoms with Crippen LogP contribution in [0.25, 0.3) is 0 Å². The molecule has 0 spiro atoms. The van der Waals surface area contributed by atoms with E-state index in [1.807, 2.05) is 13.8 Å². The van der Waals surface area contributed by atoms with Gasteiger partial charge in [0.2, 0.25) is 0 Å². The monoisotopic (exact) mass is 325 g/mol. The lowest BCUT2D eigenvalue weighted by molar-refractivity contribution is -0.137. The van der Waals surface area contributed by atoms with Gasteiger partial charge in [0.05, 0.1) is 5.56 Å². The molecule has 1 heterocycles. The second-order valence-electron chi connectivity index (χ2n) is 4.28. The lowest BCUT2D eigenvalue weighted by atomic mass is 10.0. The quantitative estimate of drug-likeness (QED) is 0.893. The van der Waals surface area contributed by atoms with Gasteiger partial charge >= 0.3 is 6.18 Å². The maximum atomic E-state index is 12.9. The first-order valence-corrected chi connectivity index (χ1v) is 6.24. The van der Waals surface area contributed by atoms with Crippen molar-refractivity contribution in [3.8, 4) is 0 Å². The van der Waals surface area contributed by atoms with E-state index in [2.05, 4.69) is 26.2 Å². The lowest BCUT2D eigenvalue weighted by Crippen LogP contribution is -2.34. The van der Waals surface area contributed by atoms with Crippen molar-refractivity contribution in [3.05, 3.63) is 22.3 Å². The minimum Gasteiger partial charge on any atom is -0.365 e. The average Bonchev–Trinajstić information content (AvgIpc) is 2.25. The second-order valence-corrected chi connectivity index (χ2v) is 5.19. The van der Waals surface area contributed by atoms with Crippen molar-refractivity contribution in [2.75, 3.05) is 11.9 Å². The number of aromatic nitrogens is 1. The molecule has 0 amide bonds. The molecule has 7 heteroatoms. The van der Waals surface area contributed by atoms with Crippen LogP contribution >= 0.6 is 15.9 Å². The van der Waals surface area contributed by atoms with Crippen LogP contribution in [0.5, 0.6) is 0 Å². The summed E-state index contributed by atoms with van der Waals surface area (Å²) in [6.45, 7) is 4.01. The lowest BCUT2D eigenvalue weighted by Gasteiger charge is -2.23. The maximum absolute atomic E-state index is 12.9. The van der Waals surface area contributed by atoms with Crippen molar-refractivity contribution in [3.63, 3.8) is 0 Å². The molecule has 1 atom stereocenters. The normalized spacial score (nSPS) is 13.8. The summed E-state index contributed by atoms with van der Waals surface area (Å²) in [4.78, 5) is 3.78. The van der Waals surface area contributed by atoms with Crippen molar-refractivity contribution in [1.82, 2.24) is 4.98 Å². The molecule has 18 heavy (non-hydrogen) atoms. The third-order valence-corrected chi connectivity index (χ3v) is 2.97. The zero-order valence-electron chi connectivity index (χ0n) is 10.1. The summed E-state index contributed by atoms with van der Waals surface area (Å²) in [5.74, 6) is -0.0728. The van der Waals surface area contributed by atoms with Gasteiger partial charge in [0.25, 0.3) is 0 Å². The molecule has 0 fully saturated rings. The highest BCUT2D eigenvalue weighted by atomic mass is 79.9. The summed E-state index contributed by atoms with van der Waals surface area (Å²) >= 11 is 2.99. The Morgan fingerprint density at radius 3 is 2.50 bits per heavy atom. The van der Waals surface area contributed by atoms with Gasteiger partial charge in [0.15, 0.2) is 0 Å². The van der Waals surface area contributed by atoms with E-state index in [4.69, 9.17) is 5.73 Å². The fourth-order valence-corrected chi connectivity index (χ4v) is 1.78. The molecule has 3 N–H and O–H groups in total. The zero-order chi connectivity index (χ0) is 13.9. The smallest absolute Gasteiger partial charge is 0.365 e. The summed E-state index contributed by atoms with van der Waals surface area (Å²) in [7, 11) is 0. The van der Waals surface area contributed by atoms with Crippen LogP contribution in [0.2, 0.25) is 0 Å². The highest BCUT2D eigenvalue weighted by Crippen LogP contribution is 2.35. The van der Waals surface area contributed by atoms with Crippen molar-refractivity contribution < 1.29 is 13.2 Å². The first kappa shape index (κ1) is 15.2. The molecular formula is C11H15BrF3N3. The minimum absolute atomic E-state index is 0.113. The van der Waals surface area contributed by atoms with E-state index >= 15 is 0 Å². The predicted octanol–water partition coefficient (Wildman–Crippen LogP) is 3.26. The molecule has 0 saturated heterocycles. The Morgan fingerprint density at radius 2 is 2.06 bits per heavy atom. The van der Waals surface area contributed by atoms with Crippen LogP contribution in [0.4, 0.5) is 19.0 Å². The van der Waals surface area contributed by atoms with Gasteiger partial charge in [-0.15, -0.1) is 0 Å². The number of rotatable bonds is 4. The molecule has 0 aliphatic rings. The van der Waals surface area contributed by atoms with Crippen LogP contribution in [0.3, 0.4) is 0 Å². The molecule has 0 aliphatic heterocycles. The van der Waals surface area contributed by atoms with Gasteiger partial charge < -0.3 is 11.1 Å². The summed E-state index contributed by atoms with van der Waals surface area (Å²) in [6, 6.07) is 0.753. The number of nitrogens with zero attached hydrogens (tertiary/aromatic N) is 1. The number of nitrogens with one attached hydrogen (secondary N) is 1. The molecule has 1 aromatic heterocycles. The van der Waals surface area contributed by atoms with Gasteiger partial charge in [0.1, 0.15) is 5.82 Å². The SMILES string of the molecule is CC(C)C(CN)Nc1ncc(Br)cc1C(F)(F)F. The zero-order valence-corrected chi connectivity index (χ0v) is 11.6. The van der Waals surface area contributed by atoms with E-state index in [9.17, 15) is 13.2 Å². The Labute approximate surface area is 112 Å². The van der Waals surface area contributed by atoms with Gasteiger partial charge in [-0.1, -0.05) is 13.8 Å². The predicted molar refractivity (Wildman–Crippen MR) is 68.2 cm³/mol. The van der Waals surface area contributed by atoms with Crippen LogP contribution in [0, 0.1) is 5.92 Å². The third kappa shape index (κ3) is 3.84. The van der Waals surface area contributed by atoms with Crippen molar-refractivity contribution in [2.45, 2.75) is 26.1 Å². The Bertz CT molecular complexity index is 407. The molecule has 3 nitrogen and oxygen atoms in total. The number of nitrogens with two attached hydrogens (primary N) is 1. The number of hydrogen-bond donors (Lipinski definition) is 2. The standard InChI is InChI=1S/C11H15BrF3N3/c1-6(2)9(4-16)18-10-8(11(13,14)15)3-7(12)5-17-10/h3,5-6,9H,4,16H2,1-2H3,(H,17,18). The van der Waals surface area contributed by atoms with E-state index < -0.39 is 11.7 Å². The van der Waals surface area contributed by atoms with E-state index in [0.717, 1.165) is 6.07 Å². The van der Waals surface area contributed by atoms with Gasteiger partial charge in [0, 0.05) is 23.3 Å². The molecule has 102 valence electrons. The first-order chi connectivity index (χ1) is 8.25. The van der Waals surface area contributed by atoms with E-state index in [-0.39, 0.29) is 28.8 Å². The first-order valence-electron chi connectivity index (χ1n) is 5.45. The fourth-order valence-electron chi connectivity index (χ4n) is 1.44. The molecule has 0 saturated carbocycles. The largest absolute Gasteiger partial charge is 0.419 e. The third-order valence-electron chi connectivity index (χ3n) is 2.54. The number of hydrogen-bond acceptors (Lipinski definition) is 3. The maximum Gasteiger partial charge on any atom is 0.419 e. The average molecular weight is 326 g/mol. The highest BCUT2D eigenvalue weighted by Gasteiger charge is 2.35. The molecule has 1 rings (SSSR count). The number of anilines is 1. The number of halogens is 4. The number of pyridine rings is 1.